The van der Waals surface area contributed by atoms with Crippen molar-refractivity contribution in [2.75, 3.05) is 0 Å². The summed E-state index contributed by atoms with van der Waals surface area (Å²) >= 11 is 0. The second-order valence-corrected chi connectivity index (χ2v) is 4.55. The van der Waals surface area contributed by atoms with Crippen molar-refractivity contribution < 1.29 is 15.0 Å². The van der Waals surface area contributed by atoms with Crippen LogP contribution in [0.5, 0.6) is 0 Å². The van der Waals surface area contributed by atoms with Gasteiger partial charge in [0.2, 0.25) is 0 Å². The van der Waals surface area contributed by atoms with Gasteiger partial charge in [-0.25, -0.2) is 9.48 Å². The monoisotopic (exact) mass is 239 g/mol. The number of aliphatic hydroxyl groups is 1. The Labute approximate surface area is 99.3 Å². The molecule has 2 atom stereocenters. The number of carboxylic acids is 1. The van der Waals surface area contributed by atoms with E-state index in [4.69, 9.17) is 5.11 Å². The average molecular weight is 239 g/mol. The van der Waals surface area contributed by atoms with Gasteiger partial charge in [0, 0.05) is 0 Å². The normalized spacial score (nSPS) is 25.5. The molecule has 0 spiro atoms. The fraction of sp³-hybridized carbons (Fsp3) is 0.727. The van der Waals surface area contributed by atoms with Crippen LogP contribution >= 0.6 is 0 Å². The Hall–Kier alpha value is -1.43. The smallest absolute Gasteiger partial charge is 0.358 e. The van der Waals surface area contributed by atoms with E-state index >= 15 is 0 Å². The van der Waals surface area contributed by atoms with Gasteiger partial charge in [-0.2, -0.15) is 0 Å². The summed E-state index contributed by atoms with van der Waals surface area (Å²) in [6.07, 6.45) is 4.25. The van der Waals surface area contributed by atoms with Crippen molar-refractivity contribution in [2.45, 2.75) is 51.2 Å². The molecule has 1 aromatic rings. The number of hydrogen-bond donors (Lipinski definition) is 2. The standard InChI is InChI=1S/C11H17N3O3/c1-7-10(11(16)17)12-13-14(7)8-5-3-2-4-6-9(8)15/h8-9,15H,2-6H2,1H3,(H,16,17). The summed E-state index contributed by atoms with van der Waals surface area (Å²) < 4.78 is 1.57. The first-order valence-corrected chi connectivity index (χ1v) is 5.94. The van der Waals surface area contributed by atoms with Gasteiger partial charge in [0.1, 0.15) is 0 Å². The van der Waals surface area contributed by atoms with Crippen molar-refractivity contribution in [1.29, 1.82) is 0 Å². The van der Waals surface area contributed by atoms with Crippen LogP contribution < -0.4 is 0 Å². The molecule has 0 radical (unpaired) electrons. The first kappa shape index (κ1) is 12.0. The minimum absolute atomic E-state index is 0.0264. The van der Waals surface area contributed by atoms with E-state index in [0.717, 1.165) is 32.1 Å². The number of aliphatic hydroxyl groups excluding tert-OH is 1. The molecule has 1 aliphatic carbocycles. The largest absolute Gasteiger partial charge is 0.476 e. The zero-order chi connectivity index (χ0) is 12.4. The average Bonchev–Trinajstić information content (AvgIpc) is 2.52. The second kappa shape index (κ2) is 4.83. The Balaban J connectivity index is 2.29. The molecule has 6 nitrogen and oxygen atoms in total. The number of hydrogen-bond acceptors (Lipinski definition) is 4. The van der Waals surface area contributed by atoms with E-state index in [0.29, 0.717) is 5.69 Å². The van der Waals surface area contributed by atoms with E-state index in [9.17, 15) is 9.90 Å². The van der Waals surface area contributed by atoms with Gasteiger partial charge in [-0.15, -0.1) is 5.10 Å². The predicted molar refractivity (Wildman–Crippen MR) is 59.8 cm³/mol. The van der Waals surface area contributed by atoms with E-state index in [1.54, 1.807) is 11.6 Å². The summed E-state index contributed by atoms with van der Waals surface area (Å²) in [5.41, 5.74) is 0.491. The molecule has 1 fully saturated rings. The van der Waals surface area contributed by atoms with E-state index < -0.39 is 12.1 Å². The predicted octanol–water partition coefficient (Wildman–Crippen LogP) is 1.15. The van der Waals surface area contributed by atoms with Gasteiger partial charge in [0.05, 0.1) is 17.8 Å². The van der Waals surface area contributed by atoms with Gasteiger partial charge in [-0.1, -0.05) is 24.5 Å². The minimum atomic E-state index is -1.07. The molecule has 0 bridgehead atoms. The van der Waals surface area contributed by atoms with Gasteiger partial charge in [-0.05, 0) is 19.8 Å². The van der Waals surface area contributed by atoms with Gasteiger partial charge < -0.3 is 10.2 Å². The van der Waals surface area contributed by atoms with Crippen LogP contribution in [-0.2, 0) is 0 Å². The molecule has 2 N–H and O–H groups in total. The lowest BCUT2D eigenvalue weighted by Gasteiger charge is -2.21. The van der Waals surface area contributed by atoms with Gasteiger partial charge in [0.25, 0.3) is 0 Å². The Morgan fingerprint density at radius 1 is 1.35 bits per heavy atom. The molecule has 0 amide bonds. The molecule has 6 heteroatoms. The quantitative estimate of drug-likeness (QED) is 0.756. The highest BCUT2D eigenvalue weighted by molar-refractivity contribution is 5.86. The van der Waals surface area contributed by atoms with Crippen molar-refractivity contribution in [3.8, 4) is 0 Å². The van der Waals surface area contributed by atoms with Crippen molar-refractivity contribution in [3.63, 3.8) is 0 Å². The summed E-state index contributed by atoms with van der Waals surface area (Å²) in [6.45, 7) is 1.68. The van der Waals surface area contributed by atoms with Crippen molar-refractivity contribution >= 4 is 5.97 Å². The number of carbonyl (C=O) groups is 1. The van der Waals surface area contributed by atoms with Crippen LogP contribution in [-0.4, -0.2) is 37.3 Å². The lowest BCUT2D eigenvalue weighted by molar-refractivity contribution is 0.0688. The summed E-state index contributed by atoms with van der Waals surface area (Å²) in [4.78, 5) is 10.9. The molecule has 1 aliphatic rings. The SMILES string of the molecule is Cc1c(C(=O)O)nnn1C1CCCCCC1O. The number of aromatic nitrogens is 3. The van der Waals surface area contributed by atoms with Gasteiger partial charge in [-0.3, -0.25) is 0 Å². The van der Waals surface area contributed by atoms with Crippen LogP contribution in [0.2, 0.25) is 0 Å². The van der Waals surface area contributed by atoms with Crippen LogP contribution in [0.1, 0.15) is 54.3 Å². The molecule has 1 aromatic heterocycles. The Bertz CT molecular complexity index is 416. The number of nitrogens with zero attached hydrogens (tertiary/aromatic N) is 3. The highest BCUT2D eigenvalue weighted by Crippen LogP contribution is 2.28. The van der Waals surface area contributed by atoms with Gasteiger partial charge in [0.15, 0.2) is 5.69 Å². The number of rotatable bonds is 2. The summed E-state index contributed by atoms with van der Waals surface area (Å²) in [5, 5.41) is 26.5. The first-order chi connectivity index (χ1) is 8.11. The van der Waals surface area contributed by atoms with Crippen LogP contribution in [0.4, 0.5) is 0 Å². The van der Waals surface area contributed by atoms with E-state index in [1.165, 1.54) is 0 Å². The van der Waals surface area contributed by atoms with Crippen molar-refractivity contribution in [3.05, 3.63) is 11.4 Å². The van der Waals surface area contributed by atoms with E-state index in [2.05, 4.69) is 10.3 Å². The maximum absolute atomic E-state index is 10.9. The first-order valence-electron chi connectivity index (χ1n) is 5.94. The van der Waals surface area contributed by atoms with E-state index in [-0.39, 0.29) is 11.7 Å². The highest BCUT2D eigenvalue weighted by Gasteiger charge is 2.27. The minimum Gasteiger partial charge on any atom is -0.476 e. The topological polar surface area (TPSA) is 88.2 Å². The fourth-order valence-electron chi connectivity index (χ4n) is 2.41. The molecular weight excluding hydrogens is 222 g/mol. The highest BCUT2D eigenvalue weighted by atomic mass is 16.4. The lowest BCUT2D eigenvalue weighted by Crippen LogP contribution is -2.25. The number of aromatic carboxylic acids is 1. The molecule has 2 rings (SSSR count). The third kappa shape index (κ3) is 2.31. The van der Waals surface area contributed by atoms with Crippen LogP contribution in [0.25, 0.3) is 0 Å². The summed E-state index contributed by atoms with van der Waals surface area (Å²) in [5.74, 6) is -1.07. The maximum Gasteiger partial charge on any atom is 0.358 e. The third-order valence-corrected chi connectivity index (χ3v) is 3.39. The Kier molecular flexibility index (Phi) is 3.42. The zero-order valence-corrected chi connectivity index (χ0v) is 9.83. The molecule has 17 heavy (non-hydrogen) atoms. The molecule has 0 aliphatic heterocycles. The number of carboxylic acid groups (broad SMARTS) is 1. The van der Waals surface area contributed by atoms with Gasteiger partial charge >= 0.3 is 5.97 Å². The maximum atomic E-state index is 10.9. The van der Waals surface area contributed by atoms with Crippen molar-refractivity contribution in [1.82, 2.24) is 15.0 Å². The molecule has 94 valence electrons. The lowest BCUT2D eigenvalue weighted by atomic mass is 10.1. The van der Waals surface area contributed by atoms with Crippen LogP contribution in [0, 0.1) is 6.92 Å². The fourth-order valence-corrected chi connectivity index (χ4v) is 2.41. The summed E-state index contributed by atoms with van der Waals surface area (Å²) in [7, 11) is 0. The summed E-state index contributed by atoms with van der Waals surface area (Å²) in [6, 6.07) is -0.141. The molecule has 2 unspecified atom stereocenters. The molecular formula is C11H17N3O3. The molecule has 1 heterocycles. The van der Waals surface area contributed by atoms with E-state index in [1.807, 2.05) is 0 Å². The third-order valence-electron chi connectivity index (χ3n) is 3.39. The molecule has 1 saturated carbocycles. The second-order valence-electron chi connectivity index (χ2n) is 4.55. The Morgan fingerprint density at radius 2 is 2.06 bits per heavy atom. The van der Waals surface area contributed by atoms with Crippen molar-refractivity contribution in [2.24, 2.45) is 0 Å². The molecule has 0 saturated heterocycles. The zero-order valence-electron chi connectivity index (χ0n) is 9.83. The Morgan fingerprint density at radius 3 is 2.71 bits per heavy atom. The van der Waals surface area contributed by atoms with Crippen LogP contribution in [0.3, 0.4) is 0 Å². The molecule has 0 aromatic carbocycles. The van der Waals surface area contributed by atoms with Crippen LogP contribution in [0.15, 0.2) is 0 Å².